The molecule has 0 fully saturated rings. The molecular formula is C51H33N5. The summed E-state index contributed by atoms with van der Waals surface area (Å²) in [7, 11) is 0. The second kappa shape index (κ2) is 14.3. The Kier molecular flexibility index (Phi) is 8.43. The molecule has 0 radical (unpaired) electrons. The van der Waals surface area contributed by atoms with Gasteiger partial charge in [-0.2, -0.15) is 0 Å². The molecule has 0 spiro atoms. The summed E-state index contributed by atoms with van der Waals surface area (Å²) < 4.78 is 0. The van der Waals surface area contributed by atoms with Crippen molar-refractivity contribution in [3.05, 3.63) is 200 Å². The highest BCUT2D eigenvalue weighted by atomic mass is 15.0. The highest BCUT2D eigenvalue weighted by molar-refractivity contribution is 6.08. The van der Waals surface area contributed by atoms with Gasteiger partial charge in [0.25, 0.3) is 0 Å². The molecule has 5 heteroatoms. The molecule has 0 aliphatic rings. The van der Waals surface area contributed by atoms with E-state index in [1.165, 1.54) is 16.2 Å². The van der Waals surface area contributed by atoms with Crippen molar-refractivity contribution < 1.29 is 0 Å². The molecule has 0 amide bonds. The first-order valence-corrected chi connectivity index (χ1v) is 18.7. The highest BCUT2D eigenvalue weighted by Crippen LogP contribution is 2.34. The number of nitrogens with zero attached hydrogens (tertiary/aromatic N) is 5. The second-order valence-corrected chi connectivity index (χ2v) is 13.8. The maximum atomic E-state index is 5.11. The third kappa shape index (κ3) is 6.48. The Balaban J connectivity index is 1.06. The van der Waals surface area contributed by atoms with Gasteiger partial charge in [0.1, 0.15) is 0 Å². The zero-order valence-electron chi connectivity index (χ0n) is 30.3. The topological polar surface area (TPSA) is 64.5 Å². The van der Waals surface area contributed by atoms with E-state index in [1.54, 1.807) is 0 Å². The largest absolute Gasteiger partial charge is 0.228 e. The number of benzene rings is 8. The fraction of sp³-hybridized carbons (Fsp3) is 0. The molecule has 2 heterocycles. The van der Waals surface area contributed by atoms with Crippen LogP contribution in [0, 0.1) is 0 Å². The van der Waals surface area contributed by atoms with Crippen LogP contribution in [0.2, 0.25) is 0 Å². The smallest absolute Gasteiger partial charge is 0.164 e. The number of hydrogen-bond acceptors (Lipinski definition) is 5. The van der Waals surface area contributed by atoms with Crippen LogP contribution in [0.15, 0.2) is 200 Å². The lowest BCUT2D eigenvalue weighted by Crippen LogP contribution is -2.00. The van der Waals surface area contributed by atoms with Gasteiger partial charge in [-0.15, -0.1) is 0 Å². The summed E-state index contributed by atoms with van der Waals surface area (Å²) in [6.45, 7) is 0. The predicted octanol–water partition coefficient (Wildman–Crippen LogP) is 12.6. The van der Waals surface area contributed by atoms with Crippen molar-refractivity contribution in [2.45, 2.75) is 0 Å². The minimum Gasteiger partial charge on any atom is -0.228 e. The zero-order valence-corrected chi connectivity index (χ0v) is 30.3. The first-order chi connectivity index (χ1) is 27.7. The molecule has 0 atom stereocenters. The van der Waals surface area contributed by atoms with E-state index in [2.05, 4.69) is 121 Å². The SMILES string of the molecule is c1ccc(-c2cc(-c3cccc(-c4cccc(-c5nc(-c6ccccc6)nc(-c6ccc7c(ccc8ccccc87)c6)n5)c4)c3)nc(-c3ccccc3)n2)cc1. The van der Waals surface area contributed by atoms with Crippen LogP contribution in [0.3, 0.4) is 0 Å². The molecule has 0 aliphatic heterocycles. The summed E-state index contributed by atoms with van der Waals surface area (Å²) in [5.74, 6) is 2.56. The molecule has 0 bridgehead atoms. The van der Waals surface area contributed by atoms with Gasteiger partial charge in [-0.05, 0) is 56.9 Å². The van der Waals surface area contributed by atoms with Gasteiger partial charge in [0.15, 0.2) is 23.3 Å². The molecule has 0 unspecified atom stereocenters. The van der Waals surface area contributed by atoms with E-state index >= 15 is 0 Å². The average Bonchev–Trinajstić information content (AvgIpc) is 3.29. The van der Waals surface area contributed by atoms with Crippen molar-refractivity contribution in [3.8, 4) is 79.2 Å². The molecule has 5 nitrogen and oxygen atoms in total. The Morgan fingerprint density at radius 2 is 0.643 bits per heavy atom. The zero-order chi connectivity index (χ0) is 37.3. The Labute approximate surface area is 324 Å². The molecule has 0 aliphatic carbocycles. The van der Waals surface area contributed by atoms with E-state index in [-0.39, 0.29) is 0 Å². The number of aromatic nitrogens is 5. The fourth-order valence-corrected chi connectivity index (χ4v) is 7.27. The predicted molar refractivity (Wildman–Crippen MR) is 228 cm³/mol. The van der Waals surface area contributed by atoms with Gasteiger partial charge in [0, 0.05) is 33.4 Å². The van der Waals surface area contributed by atoms with Crippen LogP contribution >= 0.6 is 0 Å². The molecule has 2 aromatic heterocycles. The molecule has 0 saturated carbocycles. The van der Waals surface area contributed by atoms with E-state index in [0.717, 1.165) is 61.3 Å². The first kappa shape index (κ1) is 33.0. The van der Waals surface area contributed by atoms with Crippen LogP contribution in [0.25, 0.3) is 101 Å². The number of fused-ring (bicyclic) bond motifs is 3. The van der Waals surface area contributed by atoms with Gasteiger partial charge in [0.2, 0.25) is 0 Å². The van der Waals surface area contributed by atoms with Crippen LogP contribution in [-0.4, -0.2) is 24.9 Å². The summed E-state index contributed by atoms with van der Waals surface area (Å²) in [4.78, 5) is 25.2. The van der Waals surface area contributed by atoms with E-state index in [0.29, 0.717) is 23.3 Å². The van der Waals surface area contributed by atoms with Crippen LogP contribution in [0.4, 0.5) is 0 Å². The standard InChI is InChI=1S/C51H33N5/c1-4-15-35(16-5-1)46-33-47(53-48(52-46)36-17-6-2-7-18-36)41-23-12-21-38(30-41)39-22-13-24-42(31-39)50-54-49(37-19-8-3-9-20-37)55-51(56-50)43-28-29-45-40(32-43)27-26-34-14-10-11-25-44(34)45/h1-33H. The van der Waals surface area contributed by atoms with E-state index in [9.17, 15) is 0 Å². The Hall–Kier alpha value is -7.63. The van der Waals surface area contributed by atoms with Gasteiger partial charge in [-0.25, -0.2) is 24.9 Å². The summed E-state index contributed by atoms with van der Waals surface area (Å²) in [5.41, 5.74) is 9.63. The molecule has 10 rings (SSSR count). The van der Waals surface area contributed by atoms with Crippen LogP contribution < -0.4 is 0 Å². The lowest BCUT2D eigenvalue weighted by molar-refractivity contribution is 1.07. The third-order valence-corrected chi connectivity index (χ3v) is 10.1. The number of rotatable bonds is 7. The molecule has 8 aromatic carbocycles. The van der Waals surface area contributed by atoms with Gasteiger partial charge in [-0.1, -0.05) is 176 Å². The molecule has 0 saturated heterocycles. The molecule has 10 aromatic rings. The lowest BCUT2D eigenvalue weighted by Gasteiger charge is -2.12. The maximum Gasteiger partial charge on any atom is 0.164 e. The minimum absolute atomic E-state index is 0.612. The summed E-state index contributed by atoms with van der Waals surface area (Å²) in [6.07, 6.45) is 0. The summed E-state index contributed by atoms with van der Waals surface area (Å²) in [5, 5.41) is 4.79. The Bertz CT molecular complexity index is 2960. The maximum absolute atomic E-state index is 5.11. The van der Waals surface area contributed by atoms with Gasteiger partial charge in [0.05, 0.1) is 11.4 Å². The molecule has 262 valence electrons. The third-order valence-electron chi connectivity index (χ3n) is 10.1. The van der Waals surface area contributed by atoms with Crippen molar-refractivity contribution in [2.24, 2.45) is 0 Å². The highest BCUT2D eigenvalue weighted by Gasteiger charge is 2.15. The Morgan fingerprint density at radius 1 is 0.214 bits per heavy atom. The van der Waals surface area contributed by atoms with Gasteiger partial charge >= 0.3 is 0 Å². The number of hydrogen-bond donors (Lipinski definition) is 0. The fourth-order valence-electron chi connectivity index (χ4n) is 7.27. The molecular weight excluding hydrogens is 683 g/mol. The van der Waals surface area contributed by atoms with Crippen molar-refractivity contribution >= 4 is 21.5 Å². The van der Waals surface area contributed by atoms with E-state index in [1.807, 2.05) is 78.9 Å². The first-order valence-electron chi connectivity index (χ1n) is 18.7. The average molecular weight is 716 g/mol. The molecule has 0 N–H and O–H groups in total. The van der Waals surface area contributed by atoms with Crippen molar-refractivity contribution in [2.75, 3.05) is 0 Å². The van der Waals surface area contributed by atoms with Crippen LogP contribution in [-0.2, 0) is 0 Å². The Morgan fingerprint density at radius 3 is 1.30 bits per heavy atom. The van der Waals surface area contributed by atoms with E-state index < -0.39 is 0 Å². The summed E-state index contributed by atoms with van der Waals surface area (Å²) >= 11 is 0. The van der Waals surface area contributed by atoms with Crippen molar-refractivity contribution in [1.82, 2.24) is 24.9 Å². The lowest BCUT2D eigenvalue weighted by atomic mass is 9.99. The van der Waals surface area contributed by atoms with Crippen LogP contribution in [0.5, 0.6) is 0 Å². The van der Waals surface area contributed by atoms with Gasteiger partial charge < -0.3 is 0 Å². The minimum atomic E-state index is 0.612. The van der Waals surface area contributed by atoms with Crippen molar-refractivity contribution in [1.29, 1.82) is 0 Å². The van der Waals surface area contributed by atoms with Gasteiger partial charge in [-0.3, -0.25) is 0 Å². The van der Waals surface area contributed by atoms with Crippen molar-refractivity contribution in [3.63, 3.8) is 0 Å². The monoisotopic (exact) mass is 715 g/mol. The second-order valence-electron chi connectivity index (χ2n) is 13.8. The normalized spacial score (nSPS) is 11.2. The summed E-state index contributed by atoms with van der Waals surface area (Å²) in [6, 6.07) is 68.8. The molecule has 56 heavy (non-hydrogen) atoms. The van der Waals surface area contributed by atoms with Crippen LogP contribution in [0.1, 0.15) is 0 Å². The van der Waals surface area contributed by atoms with E-state index in [4.69, 9.17) is 24.9 Å². The quantitative estimate of drug-likeness (QED) is 0.154.